The van der Waals surface area contributed by atoms with Crippen LogP contribution in [-0.4, -0.2) is 11.5 Å². The highest BCUT2D eigenvalue weighted by molar-refractivity contribution is 7.09. The molecule has 98 valence electrons. The summed E-state index contributed by atoms with van der Waals surface area (Å²) in [5, 5.41) is 7.88. The predicted molar refractivity (Wildman–Crippen MR) is 78.4 cm³/mol. The summed E-state index contributed by atoms with van der Waals surface area (Å²) in [7, 11) is 0. The Labute approximate surface area is 116 Å². The van der Waals surface area contributed by atoms with Crippen LogP contribution in [0, 0.1) is 0 Å². The summed E-state index contributed by atoms with van der Waals surface area (Å²) in [4.78, 5) is 4.38. The standard InChI is InChI=1S/C15H16N2OS/c1-2-16-13(9-15-17-7-8-19-15)12-10-18-14-6-4-3-5-11(12)14/h3-8,10,13,16H,2,9H2,1H3. The average Bonchev–Trinajstić information content (AvgIpc) is 3.07. The van der Waals surface area contributed by atoms with E-state index >= 15 is 0 Å². The maximum Gasteiger partial charge on any atom is 0.134 e. The number of benzene rings is 1. The molecule has 0 amide bonds. The molecule has 4 heteroatoms. The summed E-state index contributed by atoms with van der Waals surface area (Å²) in [6.07, 6.45) is 4.62. The van der Waals surface area contributed by atoms with E-state index in [0.29, 0.717) is 0 Å². The van der Waals surface area contributed by atoms with Gasteiger partial charge in [0.05, 0.1) is 11.3 Å². The van der Waals surface area contributed by atoms with Crippen molar-refractivity contribution >= 4 is 22.3 Å². The molecule has 3 nitrogen and oxygen atoms in total. The molecule has 19 heavy (non-hydrogen) atoms. The summed E-state index contributed by atoms with van der Waals surface area (Å²) in [5.41, 5.74) is 2.16. The minimum absolute atomic E-state index is 0.250. The van der Waals surface area contributed by atoms with E-state index in [1.165, 1.54) is 10.9 Å². The van der Waals surface area contributed by atoms with Crippen LogP contribution in [0.2, 0.25) is 0 Å². The number of nitrogens with one attached hydrogen (secondary N) is 1. The van der Waals surface area contributed by atoms with Crippen LogP contribution in [0.5, 0.6) is 0 Å². The Bertz CT molecular complexity index is 645. The van der Waals surface area contributed by atoms with Crippen molar-refractivity contribution in [1.29, 1.82) is 0 Å². The van der Waals surface area contributed by atoms with Crippen LogP contribution < -0.4 is 5.32 Å². The van der Waals surface area contributed by atoms with Gasteiger partial charge >= 0.3 is 0 Å². The highest BCUT2D eigenvalue weighted by atomic mass is 32.1. The third kappa shape index (κ3) is 2.55. The van der Waals surface area contributed by atoms with E-state index in [9.17, 15) is 0 Å². The number of para-hydroxylation sites is 1. The van der Waals surface area contributed by atoms with Gasteiger partial charge < -0.3 is 9.73 Å². The second-order valence-corrected chi connectivity index (χ2v) is 5.41. The molecular formula is C15H16N2OS. The molecular weight excluding hydrogens is 256 g/mol. The van der Waals surface area contributed by atoms with E-state index < -0.39 is 0 Å². The molecule has 0 aliphatic heterocycles. The Kier molecular flexibility index (Phi) is 3.62. The van der Waals surface area contributed by atoms with Crippen LogP contribution in [0.15, 0.2) is 46.5 Å². The van der Waals surface area contributed by atoms with Crippen LogP contribution in [0.3, 0.4) is 0 Å². The number of hydrogen-bond donors (Lipinski definition) is 1. The summed E-state index contributed by atoms with van der Waals surface area (Å²) in [5.74, 6) is 0. The number of rotatable bonds is 5. The molecule has 1 N–H and O–H groups in total. The third-order valence-corrected chi connectivity index (χ3v) is 4.00. The van der Waals surface area contributed by atoms with E-state index in [1.807, 2.05) is 36.0 Å². The molecule has 0 aliphatic carbocycles. The molecule has 0 bridgehead atoms. The van der Waals surface area contributed by atoms with E-state index in [4.69, 9.17) is 4.42 Å². The Morgan fingerprint density at radius 1 is 1.37 bits per heavy atom. The first-order valence-corrected chi connectivity index (χ1v) is 7.34. The van der Waals surface area contributed by atoms with Crippen molar-refractivity contribution in [3.05, 3.63) is 52.7 Å². The van der Waals surface area contributed by atoms with Crippen molar-refractivity contribution in [1.82, 2.24) is 10.3 Å². The molecule has 0 saturated carbocycles. The Balaban J connectivity index is 1.95. The number of thiazole rings is 1. The van der Waals surface area contributed by atoms with Crippen molar-refractivity contribution in [3.63, 3.8) is 0 Å². The van der Waals surface area contributed by atoms with Crippen LogP contribution in [0.25, 0.3) is 11.0 Å². The van der Waals surface area contributed by atoms with E-state index in [0.717, 1.165) is 23.6 Å². The van der Waals surface area contributed by atoms with Gasteiger partial charge in [0.25, 0.3) is 0 Å². The van der Waals surface area contributed by atoms with Gasteiger partial charge in [0, 0.05) is 35.0 Å². The van der Waals surface area contributed by atoms with Gasteiger partial charge in [0.15, 0.2) is 0 Å². The predicted octanol–water partition coefficient (Wildman–Crippen LogP) is 3.78. The second-order valence-electron chi connectivity index (χ2n) is 4.43. The number of nitrogens with zero attached hydrogens (tertiary/aromatic N) is 1. The van der Waals surface area contributed by atoms with Crippen LogP contribution in [0.1, 0.15) is 23.5 Å². The van der Waals surface area contributed by atoms with Gasteiger partial charge in [-0.05, 0) is 12.6 Å². The Hall–Kier alpha value is -1.65. The minimum atomic E-state index is 0.250. The van der Waals surface area contributed by atoms with E-state index in [-0.39, 0.29) is 6.04 Å². The van der Waals surface area contributed by atoms with Gasteiger partial charge in [0.1, 0.15) is 5.58 Å². The molecule has 3 aromatic rings. The lowest BCUT2D eigenvalue weighted by molar-refractivity contribution is 0.534. The number of fused-ring (bicyclic) bond motifs is 1. The van der Waals surface area contributed by atoms with Gasteiger partial charge in [-0.1, -0.05) is 25.1 Å². The summed E-state index contributed by atoms with van der Waals surface area (Å²) in [6, 6.07) is 8.41. The molecule has 0 aliphatic rings. The Morgan fingerprint density at radius 2 is 2.26 bits per heavy atom. The molecule has 0 fully saturated rings. The average molecular weight is 272 g/mol. The van der Waals surface area contributed by atoms with Gasteiger partial charge in [0.2, 0.25) is 0 Å². The molecule has 0 saturated heterocycles. The van der Waals surface area contributed by atoms with Crippen molar-refractivity contribution in [2.24, 2.45) is 0 Å². The first-order valence-electron chi connectivity index (χ1n) is 6.46. The molecule has 1 atom stereocenters. The largest absolute Gasteiger partial charge is 0.464 e. The summed E-state index contributed by atoms with van der Waals surface area (Å²) < 4.78 is 5.64. The number of hydrogen-bond acceptors (Lipinski definition) is 4. The van der Waals surface area contributed by atoms with E-state index in [1.54, 1.807) is 11.3 Å². The number of furan rings is 1. The van der Waals surface area contributed by atoms with Crippen molar-refractivity contribution in [3.8, 4) is 0 Å². The molecule has 1 unspecified atom stereocenters. The fourth-order valence-electron chi connectivity index (χ4n) is 2.34. The molecule has 2 heterocycles. The number of aromatic nitrogens is 1. The normalized spacial score (nSPS) is 12.9. The molecule has 1 aromatic carbocycles. The van der Waals surface area contributed by atoms with Gasteiger partial charge in [-0.25, -0.2) is 4.98 Å². The van der Waals surface area contributed by atoms with Gasteiger partial charge in [-0.2, -0.15) is 0 Å². The SMILES string of the molecule is CCNC(Cc1nccs1)c1coc2ccccc12. The zero-order valence-electron chi connectivity index (χ0n) is 10.8. The van der Waals surface area contributed by atoms with Crippen molar-refractivity contribution in [2.75, 3.05) is 6.54 Å². The second kappa shape index (κ2) is 5.55. The first kappa shape index (κ1) is 12.4. The third-order valence-electron chi connectivity index (χ3n) is 3.20. The number of likely N-dealkylation sites (N-methyl/N-ethyl adjacent to an activating group) is 1. The smallest absolute Gasteiger partial charge is 0.134 e. The summed E-state index contributed by atoms with van der Waals surface area (Å²) in [6.45, 7) is 3.05. The van der Waals surface area contributed by atoms with Gasteiger partial charge in [-0.15, -0.1) is 11.3 Å². The zero-order valence-corrected chi connectivity index (χ0v) is 11.6. The highest BCUT2D eigenvalue weighted by Gasteiger charge is 2.17. The molecule has 2 aromatic heterocycles. The fraction of sp³-hybridized carbons (Fsp3) is 0.267. The molecule has 0 spiro atoms. The summed E-state index contributed by atoms with van der Waals surface area (Å²) >= 11 is 1.70. The zero-order chi connectivity index (χ0) is 13.1. The lowest BCUT2D eigenvalue weighted by Crippen LogP contribution is -2.22. The molecule has 3 rings (SSSR count). The van der Waals surface area contributed by atoms with Crippen molar-refractivity contribution in [2.45, 2.75) is 19.4 Å². The van der Waals surface area contributed by atoms with Crippen LogP contribution in [0.4, 0.5) is 0 Å². The van der Waals surface area contributed by atoms with Crippen LogP contribution in [-0.2, 0) is 6.42 Å². The highest BCUT2D eigenvalue weighted by Crippen LogP contribution is 2.28. The topological polar surface area (TPSA) is 38.1 Å². The first-order chi connectivity index (χ1) is 9.38. The van der Waals surface area contributed by atoms with E-state index in [2.05, 4.69) is 23.3 Å². The lowest BCUT2D eigenvalue weighted by atomic mass is 10.0. The fourth-order valence-corrected chi connectivity index (χ4v) is 3.00. The quantitative estimate of drug-likeness (QED) is 0.768. The van der Waals surface area contributed by atoms with Crippen molar-refractivity contribution < 1.29 is 4.42 Å². The minimum Gasteiger partial charge on any atom is -0.464 e. The Morgan fingerprint density at radius 3 is 3.05 bits per heavy atom. The van der Waals surface area contributed by atoms with Gasteiger partial charge in [-0.3, -0.25) is 0 Å². The lowest BCUT2D eigenvalue weighted by Gasteiger charge is -2.15. The van der Waals surface area contributed by atoms with Crippen LogP contribution >= 0.6 is 11.3 Å². The molecule has 0 radical (unpaired) electrons. The maximum atomic E-state index is 5.64. The maximum absolute atomic E-state index is 5.64. The monoisotopic (exact) mass is 272 g/mol.